The molecule has 0 aliphatic carbocycles. The SMILES string of the molecule is Cc1ccc2c(COC(=O)CCn3c(=O)oc4ccccc43)cc(=O)oc2c1C. The Morgan fingerprint density at radius 3 is 2.69 bits per heavy atom. The molecule has 2 aromatic heterocycles. The number of hydrogen-bond acceptors (Lipinski definition) is 6. The fourth-order valence-corrected chi connectivity index (χ4v) is 3.30. The number of nitrogens with zero attached hydrogens (tertiary/aromatic N) is 1. The van der Waals surface area contributed by atoms with E-state index in [-0.39, 0.29) is 19.6 Å². The van der Waals surface area contributed by atoms with Gasteiger partial charge in [-0.3, -0.25) is 9.36 Å². The molecule has 0 saturated carbocycles. The fraction of sp³-hybridized carbons (Fsp3) is 0.227. The Morgan fingerprint density at radius 1 is 1.07 bits per heavy atom. The second kappa shape index (κ2) is 7.43. The van der Waals surface area contributed by atoms with Gasteiger partial charge in [-0.1, -0.05) is 24.3 Å². The van der Waals surface area contributed by atoms with Gasteiger partial charge in [0.25, 0.3) is 0 Å². The molecule has 0 spiro atoms. The van der Waals surface area contributed by atoms with Crippen LogP contribution in [0.5, 0.6) is 0 Å². The number of ether oxygens (including phenoxy) is 1. The molecule has 0 bridgehead atoms. The lowest BCUT2D eigenvalue weighted by Gasteiger charge is -2.10. The van der Waals surface area contributed by atoms with Crippen molar-refractivity contribution in [2.24, 2.45) is 0 Å². The highest BCUT2D eigenvalue weighted by molar-refractivity contribution is 5.84. The number of carbonyl (C=O) groups is 1. The van der Waals surface area contributed by atoms with Crippen LogP contribution >= 0.6 is 0 Å². The van der Waals surface area contributed by atoms with Gasteiger partial charge in [0.2, 0.25) is 0 Å². The van der Waals surface area contributed by atoms with Gasteiger partial charge < -0.3 is 13.6 Å². The van der Waals surface area contributed by atoms with Crippen LogP contribution in [0.4, 0.5) is 0 Å². The second-order valence-electron chi connectivity index (χ2n) is 6.87. The first-order valence-corrected chi connectivity index (χ1v) is 9.21. The van der Waals surface area contributed by atoms with Crippen molar-refractivity contribution in [2.45, 2.75) is 33.4 Å². The van der Waals surface area contributed by atoms with Gasteiger partial charge in [-0.2, -0.15) is 0 Å². The summed E-state index contributed by atoms with van der Waals surface area (Å²) in [6.07, 6.45) is 0.000936. The smallest absolute Gasteiger partial charge is 0.419 e. The van der Waals surface area contributed by atoms with Crippen molar-refractivity contribution in [3.8, 4) is 0 Å². The van der Waals surface area contributed by atoms with Crippen LogP contribution in [-0.2, 0) is 22.7 Å². The topological polar surface area (TPSA) is 91.6 Å². The molecular weight excluding hydrogens is 374 g/mol. The molecule has 2 heterocycles. The molecule has 29 heavy (non-hydrogen) atoms. The summed E-state index contributed by atoms with van der Waals surface area (Å²) in [5.41, 5.74) is 3.57. The molecule has 0 atom stereocenters. The Bertz CT molecular complexity index is 1340. The number of fused-ring (bicyclic) bond motifs is 2. The summed E-state index contributed by atoms with van der Waals surface area (Å²) >= 11 is 0. The van der Waals surface area contributed by atoms with Gasteiger partial charge in [-0.15, -0.1) is 0 Å². The van der Waals surface area contributed by atoms with E-state index >= 15 is 0 Å². The normalized spacial score (nSPS) is 11.2. The minimum Gasteiger partial charge on any atom is -0.461 e. The minimum absolute atomic E-state index is 0.000936. The summed E-state index contributed by atoms with van der Waals surface area (Å²) in [6, 6.07) is 12.1. The van der Waals surface area contributed by atoms with E-state index in [0.29, 0.717) is 22.2 Å². The molecule has 0 aliphatic rings. The number of carbonyl (C=O) groups excluding carboxylic acids is 1. The summed E-state index contributed by atoms with van der Waals surface area (Å²) in [4.78, 5) is 36.1. The zero-order valence-electron chi connectivity index (χ0n) is 16.1. The zero-order chi connectivity index (χ0) is 20.5. The molecule has 7 heteroatoms. The average molecular weight is 393 g/mol. The number of oxazole rings is 1. The lowest BCUT2D eigenvalue weighted by molar-refractivity contribution is -0.145. The van der Waals surface area contributed by atoms with Gasteiger partial charge in [-0.25, -0.2) is 9.59 Å². The van der Waals surface area contributed by atoms with Crippen molar-refractivity contribution in [2.75, 3.05) is 0 Å². The highest BCUT2D eigenvalue weighted by Gasteiger charge is 2.13. The van der Waals surface area contributed by atoms with Crippen LogP contribution in [0.25, 0.3) is 22.1 Å². The Morgan fingerprint density at radius 2 is 1.86 bits per heavy atom. The number of rotatable bonds is 5. The summed E-state index contributed by atoms with van der Waals surface area (Å²) < 4.78 is 17.2. The van der Waals surface area contributed by atoms with Crippen molar-refractivity contribution >= 4 is 28.0 Å². The van der Waals surface area contributed by atoms with Gasteiger partial charge in [0.15, 0.2) is 5.58 Å². The van der Waals surface area contributed by atoms with Gasteiger partial charge in [0.05, 0.1) is 11.9 Å². The van der Waals surface area contributed by atoms with Crippen molar-refractivity contribution in [3.63, 3.8) is 0 Å². The molecule has 0 amide bonds. The maximum absolute atomic E-state index is 12.2. The third-order valence-electron chi connectivity index (χ3n) is 5.02. The molecule has 0 radical (unpaired) electrons. The lowest BCUT2D eigenvalue weighted by Crippen LogP contribution is -2.17. The molecule has 4 rings (SSSR count). The van der Waals surface area contributed by atoms with Crippen LogP contribution in [0.3, 0.4) is 0 Å². The number of esters is 1. The number of para-hydroxylation sites is 2. The Balaban J connectivity index is 1.49. The summed E-state index contributed by atoms with van der Waals surface area (Å²) in [5.74, 6) is -0.996. The Hall–Kier alpha value is -3.61. The van der Waals surface area contributed by atoms with Crippen LogP contribution in [0.2, 0.25) is 0 Å². The van der Waals surface area contributed by atoms with Crippen LogP contribution in [-0.4, -0.2) is 10.5 Å². The third kappa shape index (κ3) is 3.59. The molecule has 2 aromatic carbocycles. The lowest BCUT2D eigenvalue weighted by atomic mass is 10.0. The molecule has 0 fully saturated rings. The standard InChI is InChI=1S/C22H19NO6/c1-13-7-8-16-15(11-20(25)29-21(16)14(13)2)12-27-19(24)9-10-23-17-5-3-4-6-18(17)28-22(23)26/h3-8,11H,9-10,12H2,1-2H3. The Kier molecular flexibility index (Phi) is 4.80. The molecule has 0 aliphatic heterocycles. The monoisotopic (exact) mass is 393 g/mol. The fourth-order valence-electron chi connectivity index (χ4n) is 3.30. The second-order valence-corrected chi connectivity index (χ2v) is 6.87. The van der Waals surface area contributed by atoms with E-state index in [1.54, 1.807) is 24.3 Å². The van der Waals surface area contributed by atoms with E-state index in [0.717, 1.165) is 16.5 Å². The predicted octanol–water partition coefficient (Wildman–Crippen LogP) is 3.45. The molecule has 0 N–H and O–H groups in total. The van der Waals surface area contributed by atoms with E-state index in [4.69, 9.17) is 13.6 Å². The molecule has 4 aromatic rings. The molecule has 7 nitrogen and oxygen atoms in total. The van der Waals surface area contributed by atoms with Crippen LogP contribution < -0.4 is 11.4 Å². The van der Waals surface area contributed by atoms with Gasteiger partial charge in [0, 0.05) is 23.6 Å². The third-order valence-corrected chi connectivity index (χ3v) is 5.02. The number of aromatic nitrogens is 1. The maximum Gasteiger partial charge on any atom is 0.419 e. The minimum atomic E-state index is -0.517. The van der Waals surface area contributed by atoms with Crippen molar-refractivity contribution < 1.29 is 18.4 Å². The highest BCUT2D eigenvalue weighted by Crippen LogP contribution is 2.23. The number of hydrogen-bond donors (Lipinski definition) is 0. The first-order chi connectivity index (χ1) is 13.9. The quantitative estimate of drug-likeness (QED) is 0.381. The van der Waals surface area contributed by atoms with E-state index in [2.05, 4.69) is 0 Å². The van der Waals surface area contributed by atoms with E-state index < -0.39 is 17.4 Å². The first-order valence-electron chi connectivity index (χ1n) is 9.21. The maximum atomic E-state index is 12.2. The molecule has 148 valence electrons. The number of aryl methyl sites for hydroxylation is 3. The number of benzene rings is 2. The van der Waals surface area contributed by atoms with Crippen molar-refractivity contribution in [1.29, 1.82) is 0 Å². The van der Waals surface area contributed by atoms with Crippen molar-refractivity contribution in [3.05, 3.63) is 80.1 Å². The Labute approximate surface area is 165 Å². The van der Waals surface area contributed by atoms with Crippen LogP contribution in [0, 0.1) is 13.8 Å². The molecular formula is C22H19NO6. The summed E-state index contributed by atoms with van der Waals surface area (Å²) in [6.45, 7) is 3.90. The van der Waals surface area contributed by atoms with Crippen LogP contribution in [0.1, 0.15) is 23.1 Å². The largest absolute Gasteiger partial charge is 0.461 e. The van der Waals surface area contributed by atoms with Gasteiger partial charge in [0.1, 0.15) is 12.2 Å². The van der Waals surface area contributed by atoms with E-state index in [1.165, 1.54) is 10.6 Å². The zero-order valence-corrected chi connectivity index (χ0v) is 16.1. The molecule has 0 unspecified atom stereocenters. The van der Waals surface area contributed by atoms with Gasteiger partial charge in [-0.05, 0) is 37.1 Å². The summed E-state index contributed by atoms with van der Waals surface area (Å²) in [7, 11) is 0. The van der Waals surface area contributed by atoms with Crippen LogP contribution in [0.15, 0.2) is 60.9 Å². The summed E-state index contributed by atoms with van der Waals surface area (Å²) in [5, 5.41) is 0.734. The molecule has 0 saturated heterocycles. The average Bonchev–Trinajstić information content (AvgIpc) is 3.02. The highest BCUT2D eigenvalue weighted by atomic mass is 16.5. The predicted molar refractivity (Wildman–Crippen MR) is 107 cm³/mol. The van der Waals surface area contributed by atoms with E-state index in [1.807, 2.05) is 26.0 Å². The first kappa shape index (κ1) is 18.7. The van der Waals surface area contributed by atoms with Gasteiger partial charge >= 0.3 is 17.4 Å². The van der Waals surface area contributed by atoms with E-state index in [9.17, 15) is 14.4 Å². The van der Waals surface area contributed by atoms with Crippen molar-refractivity contribution in [1.82, 2.24) is 4.57 Å².